The van der Waals surface area contributed by atoms with Crippen LogP contribution in [0, 0.1) is 0 Å². The summed E-state index contributed by atoms with van der Waals surface area (Å²) in [4.78, 5) is 10.1. The van der Waals surface area contributed by atoms with E-state index in [2.05, 4.69) is 11.7 Å². The molecule has 0 fully saturated rings. The number of carbonyl (C=O) groups excluding carboxylic acids is 1. The maximum absolute atomic E-state index is 10.1. The number of rotatable bonds is 3. The summed E-state index contributed by atoms with van der Waals surface area (Å²) in [5.74, 6) is -0.182. The van der Waals surface area contributed by atoms with Crippen molar-refractivity contribution in [3.05, 3.63) is 0 Å². The lowest BCUT2D eigenvalue weighted by Crippen LogP contribution is -1.99. The van der Waals surface area contributed by atoms with Crippen LogP contribution in [0.2, 0.25) is 0 Å². The molecular weight excluding hydrogens is 120 g/mol. The Morgan fingerprint density at radius 2 is 2.11 bits per heavy atom. The molecule has 0 bridgehead atoms. The zero-order chi connectivity index (χ0) is 6.41. The van der Waals surface area contributed by atoms with Crippen LogP contribution in [-0.4, -0.2) is 18.1 Å². The van der Waals surface area contributed by atoms with Crippen LogP contribution >= 0.6 is 0 Å². The standard InChI is InChI=1S/C6H12O2.H2O/c1-3-4-5-8-6(2)7;/h3-5H2,1-2H3;1H2. The van der Waals surface area contributed by atoms with E-state index in [9.17, 15) is 4.79 Å². The van der Waals surface area contributed by atoms with Crippen molar-refractivity contribution in [3.8, 4) is 0 Å². The summed E-state index contributed by atoms with van der Waals surface area (Å²) in [7, 11) is 0. The zero-order valence-corrected chi connectivity index (χ0v) is 5.94. The molecule has 9 heavy (non-hydrogen) atoms. The quantitative estimate of drug-likeness (QED) is 0.417. The van der Waals surface area contributed by atoms with Crippen LogP contribution in [0.4, 0.5) is 0 Å². The molecule has 0 heterocycles. The number of ether oxygens (including phenoxy) is 1. The Hall–Kier alpha value is -0.570. The summed E-state index contributed by atoms with van der Waals surface area (Å²) in [5, 5.41) is 0. The van der Waals surface area contributed by atoms with E-state index >= 15 is 0 Å². The fourth-order valence-electron chi connectivity index (χ4n) is 0.360. The van der Waals surface area contributed by atoms with Gasteiger partial charge in [0.25, 0.3) is 0 Å². The van der Waals surface area contributed by atoms with E-state index in [1.54, 1.807) is 0 Å². The Kier molecular flexibility index (Phi) is 9.29. The topological polar surface area (TPSA) is 57.8 Å². The molecule has 0 radical (unpaired) electrons. The molecule has 0 spiro atoms. The summed E-state index contributed by atoms with van der Waals surface area (Å²) in [5.41, 5.74) is 0. The SMILES string of the molecule is CCCCOC(C)=O.O. The van der Waals surface area contributed by atoms with Gasteiger partial charge in [-0.1, -0.05) is 13.3 Å². The van der Waals surface area contributed by atoms with Gasteiger partial charge < -0.3 is 10.2 Å². The first-order valence-electron chi connectivity index (χ1n) is 2.90. The van der Waals surface area contributed by atoms with E-state index < -0.39 is 0 Å². The first-order valence-corrected chi connectivity index (χ1v) is 2.90. The molecule has 3 heteroatoms. The normalized spacial score (nSPS) is 7.78. The summed E-state index contributed by atoms with van der Waals surface area (Å²) in [6.45, 7) is 4.06. The second-order valence-electron chi connectivity index (χ2n) is 1.69. The Bertz CT molecular complexity index is 70.7. The molecule has 0 atom stereocenters. The van der Waals surface area contributed by atoms with Gasteiger partial charge in [-0.25, -0.2) is 0 Å². The van der Waals surface area contributed by atoms with Crippen LogP contribution in [0.3, 0.4) is 0 Å². The Morgan fingerprint density at radius 1 is 1.56 bits per heavy atom. The number of hydrogen-bond donors (Lipinski definition) is 0. The van der Waals surface area contributed by atoms with Crippen molar-refractivity contribution in [2.75, 3.05) is 6.61 Å². The lowest BCUT2D eigenvalue weighted by atomic mass is 10.4. The van der Waals surface area contributed by atoms with E-state index in [4.69, 9.17) is 0 Å². The van der Waals surface area contributed by atoms with E-state index in [0.717, 1.165) is 12.8 Å². The second-order valence-corrected chi connectivity index (χ2v) is 1.69. The van der Waals surface area contributed by atoms with Crippen LogP contribution < -0.4 is 0 Å². The van der Waals surface area contributed by atoms with Crippen molar-refractivity contribution in [1.29, 1.82) is 0 Å². The Morgan fingerprint density at radius 3 is 2.44 bits per heavy atom. The molecular formula is C6H14O3. The highest BCUT2D eigenvalue weighted by Gasteiger charge is 1.88. The second kappa shape index (κ2) is 7.43. The summed E-state index contributed by atoms with van der Waals surface area (Å²) in [6, 6.07) is 0. The zero-order valence-electron chi connectivity index (χ0n) is 5.94. The molecule has 0 aliphatic heterocycles. The van der Waals surface area contributed by atoms with Crippen LogP contribution in [0.15, 0.2) is 0 Å². The molecule has 0 unspecified atom stereocenters. The largest absolute Gasteiger partial charge is 0.466 e. The molecule has 0 aromatic rings. The molecule has 0 aromatic carbocycles. The van der Waals surface area contributed by atoms with E-state index in [-0.39, 0.29) is 11.4 Å². The van der Waals surface area contributed by atoms with Crippen molar-refractivity contribution < 1.29 is 15.0 Å². The lowest BCUT2D eigenvalue weighted by molar-refractivity contribution is -0.141. The minimum Gasteiger partial charge on any atom is -0.466 e. The lowest BCUT2D eigenvalue weighted by Gasteiger charge is -1.96. The van der Waals surface area contributed by atoms with Crippen molar-refractivity contribution in [3.63, 3.8) is 0 Å². The van der Waals surface area contributed by atoms with Gasteiger partial charge in [-0.3, -0.25) is 4.79 Å². The fourth-order valence-corrected chi connectivity index (χ4v) is 0.360. The molecule has 0 aliphatic carbocycles. The minimum absolute atomic E-state index is 0. The van der Waals surface area contributed by atoms with Gasteiger partial charge in [0.05, 0.1) is 6.61 Å². The molecule has 0 saturated carbocycles. The third-order valence-electron chi connectivity index (χ3n) is 0.803. The van der Waals surface area contributed by atoms with Gasteiger partial charge in [0.15, 0.2) is 0 Å². The van der Waals surface area contributed by atoms with Crippen molar-refractivity contribution in [1.82, 2.24) is 0 Å². The average molecular weight is 134 g/mol. The van der Waals surface area contributed by atoms with Crippen LogP contribution in [0.5, 0.6) is 0 Å². The molecule has 0 rings (SSSR count). The van der Waals surface area contributed by atoms with Gasteiger partial charge in [0.1, 0.15) is 0 Å². The Balaban J connectivity index is 0. The van der Waals surface area contributed by atoms with Crippen molar-refractivity contribution in [2.24, 2.45) is 0 Å². The van der Waals surface area contributed by atoms with Crippen LogP contribution in [0.25, 0.3) is 0 Å². The molecule has 0 saturated heterocycles. The fraction of sp³-hybridized carbons (Fsp3) is 0.833. The minimum atomic E-state index is -0.182. The summed E-state index contributed by atoms with van der Waals surface area (Å²) < 4.78 is 4.64. The number of hydrogen-bond acceptors (Lipinski definition) is 2. The van der Waals surface area contributed by atoms with Gasteiger partial charge in [-0.15, -0.1) is 0 Å². The third kappa shape index (κ3) is 11.2. The maximum Gasteiger partial charge on any atom is 0.302 e. The predicted molar refractivity (Wildman–Crippen MR) is 35.2 cm³/mol. The molecule has 0 aromatic heterocycles. The summed E-state index contributed by atoms with van der Waals surface area (Å²) in [6.07, 6.45) is 2.05. The number of carbonyl (C=O) groups is 1. The third-order valence-corrected chi connectivity index (χ3v) is 0.803. The van der Waals surface area contributed by atoms with E-state index in [1.807, 2.05) is 0 Å². The summed E-state index contributed by atoms with van der Waals surface area (Å²) >= 11 is 0. The van der Waals surface area contributed by atoms with Crippen molar-refractivity contribution >= 4 is 5.97 Å². The van der Waals surface area contributed by atoms with Crippen LogP contribution in [-0.2, 0) is 9.53 Å². The predicted octanol–water partition coefficient (Wildman–Crippen LogP) is 0.525. The monoisotopic (exact) mass is 134 g/mol. The van der Waals surface area contributed by atoms with Gasteiger partial charge in [-0.05, 0) is 6.42 Å². The molecule has 56 valence electrons. The maximum atomic E-state index is 10.1. The average Bonchev–Trinajstić information content (AvgIpc) is 1.66. The van der Waals surface area contributed by atoms with Crippen LogP contribution in [0.1, 0.15) is 26.7 Å². The molecule has 0 amide bonds. The first-order chi connectivity index (χ1) is 3.77. The van der Waals surface area contributed by atoms with Crippen molar-refractivity contribution in [2.45, 2.75) is 26.7 Å². The molecule has 0 aliphatic rings. The van der Waals surface area contributed by atoms with E-state index in [1.165, 1.54) is 6.92 Å². The Labute approximate surface area is 55.3 Å². The van der Waals surface area contributed by atoms with Gasteiger partial charge in [-0.2, -0.15) is 0 Å². The van der Waals surface area contributed by atoms with E-state index in [0.29, 0.717) is 6.61 Å². The number of esters is 1. The van der Waals surface area contributed by atoms with Gasteiger partial charge >= 0.3 is 5.97 Å². The highest BCUT2D eigenvalue weighted by molar-refractivity contribution is 5.65. The highest BCUT2D eigenvalue weighted by Crippen LogP contribution is 1.86. The number of unbranched alkanes of at least 4 members (excludes halogenated alkanes) is 1. The molecule has 2 N–H and O–H groups in total. The van der Waals surface area contributed by atoms with Gasteiger partial charge in [0.2, 0.25) is 0 Å². The van der Waals surface area contributed by atoms with Gasteiger partial charge in [0, 0.05) is 6.92 Å². The highest BCUT2D eigenvalue weighted by atomic mass is 16.5. The smallest absolute Gasteiger partial charge is 0.302 e. The molecule has 3 nitrogen and oxygen atoms in total. The first kappa shape index (κ1) is 11.3.